The Balaban J connectivity index is 1.58. The summed E-state index contributed by atoms with van der Waals surface area (Å²) in [4.78, 5) is 41.5. The van der Waals surface area contributed by atoms with Gasteiger partial charge in [0.1, 0.15) is 12.1 Å². The van der Waals surface area contributed by atoms with E-state index in [0.29, 0.717) is 5.56 Å². The van der Waals surface area contributed by atoms with Crippen LogP contribution in [0, 0.1) is 0 Å². The molecule has 0 spiro atoms. The highest BCUT2D eigenvalue weighted by atomic mass is 32.1. The molecule has 0 saturated carbocycles. The number of benzene rings is 2. The van der Waals surface area contributed by atoms with E-state index in [0.717, 1.165) is 16.0 Å². The number of hydrogen-bond acceptors (Lipinski definition) is 4. The molecular formula is C24H23N3O3S. The fourth-order valence-electron chi connectivity index (χ4n) is 3.89. The minimum absolute atomic E-state index is 0.322. The summed E-state index contributed by atoms with van der Waals surface area (Å²) >= 11 is 1.45. The van der Waals surface area contributed by atoms with Crippen LogP contribution in [0.3, 0.4) is 0 Å². The standard InChI is InChI=1S/C24H23N3O3S/c1-24(19-13-14-31-16-19)22(29)27(23(30)25-24)15-20(28)26(2)21(17-9-5-3-6-10-17)18-11-7-4-8-12-18/h3-14,16,21H,15H2,1-2H3,(H,25,30). The summed E-state index contributed by atoms with van der Waals surface area (Å²) < 4.78 is 0. The molecule has 158 valence electrons. The summed E-state index contributed by atoms with van der Waals surface area (Å²) in [5.41, 5.74) is 1.45. The molecule has 0 radical (unpaired) electrons. The van der Waals surface area contributed by atoms with Gasteiger partial charge in [-0.3, -0.25) is 14.5 Å². The average Bonchev–Trinajstić information content (AvgIpc) is 3.40. The van der Waals surface area contributed by atoms with Gasteiger partial charge < -0.3 is 10.2 Å². The summed E-state index contributed by atoms with van der Waals surface area (Å²) in [6, 6.07) is 20.3. The van der Waals surface area contributed by atoms with Crippen LogP contribution in [0.15, 0.2) is 77.5 Å². The number of thiophene rings is 1. The fraction of sp³-hybridized carbons (Fsp3) is 0.208. The molecular weight excluding hydrogens is 410 g/mol. The number of likely N-dealkylation sites (N-methyl/N-ethyl adjacent to an activating group) is 1. The van der Waals surface area contributed by atoms with E-state index in [1.807, 2.05) is 71.4 Å². The lowest BCUT2D eigenvalue weighted by molar-refractivity contribution is -0.139. The van der Waals surface area contributed by atoms with Gasteiger partial charge in [0.25, 0.3) is 5.91 Å². The first kappa shape index (κ1) is 20.8. The van der Waals surface area contributed by atoms with Crippen molar-refractivity contribution in [3.05, 3.63) is 94.2 Å². The zero-order valence-electron chi connectivity index (χ0n) is 17.3. The molecule has 2 heterocycles. The maximum absolute atomic E-state index is 13.2. The van der Waals surface area contributed by atoms with Crippen LogP contribution in [0.5, 0.6) is 0 Å². The van der Waals surface area contributed by atoms with E-state index in [1.54, 1.807) is 24.9 Å². The van der Waals surface area contributed by atoms with Gasteiger partial charge in [-0.25, -0.2) is 4.79 Å². The molecule has 6 nitrogen and oxygen atoms in total. The number of imide groups is 1. The van der Waals surface area contributed by atoms with Crippen LogP contribution in [0.1, 0.15) is 29.7 Å². The average molecular weight is 434 g/mol. The van der Waals surface area contributed by atoms with E-state index in [1.165, 1.54) is 11.3 Å². The molecule has 1 atom stereocenters. The molecule has 1 N–H and O–H groups in total. The normalized spacial score (nSPS) is 18.4. The third-order valence-corrected chi connectivity index (χ3v) is 6.36. The van der Waals surface area contributed by atoms with Crippen LogP contribution >= 0.6 is 11.3 Å². The molecule has 3 aromatic rings. The number of nitrogens with zero attached hydrogens (tertiary/aromatic N) is 2. The summed E-state index contributed by atoms with van der Waals surface area (Å²) in [7, 11) is 1.70. The van der Waals surface area contributed by atoms with Crippen LogP contribution in [-0.2, 0) is 15.1 Å². The molecule has 4 amide bonds. The molecule has 2 aromatic carbocycles. The van der Waals surface area contributed by atoms with Gasteiger partial charge in [-0.1, -0.05) is 60.7 Å². The van der Waals surface area contributed by atoms with Crippen molar-refractivity contribution < 1.29 is 14.4 Å². The first-order valence-electron chi connectivity index (χ1n) is 9.94. The summed E-state index contributed by atoms with van der Waals surface area (Å²) in [5, 5.41) is 6.43. The second-order valence-electron chi connectivity index (χ2n) is 7.69. The highest BCUT2D eigenvalue weighted by Gasteiger charge is 2.50. The quantitative estimate of drug-likeness (QED) is 0.602. The predicted octanol–water partition coefficient (Wildman–Crippen LogP) is 3.76. The van der Waals surface area contributed by atoms with Crippen molar-refractivity contribution in [2.24, 2.45) is 0 Å². The van der Waals surface area contributed by atoms with Gasteiger partial charge >= 0.3 is 6.03 Å². The number of carbonyl (C=O) groups is 3. The molecule has 4 rings (SSSR count). The molecule has 1 aromatic heterocycles. The van der Waals surface area contributed by atoms with Crippen LogP contribution in [0.4, 0.5) is 4.79 Å². The van der Waals surface area contributed by atoms with Crippen molar-refractivity contribution >= 4 is 29.2 Å². The maximum Gasteiger partial charge on any atom is 0.325 e. The van der Waals surface area contributed by atoms with Gasteiger partial charge in [-0.05, 0) is 40.4 Å². The molecule has 0 aliphatic carbocycles. The first-order valence-corrected chi connectivity index (χ1v) is 10.9. The molecule has 1 aliphatic rings. The molecule has 1 saturated heterocycles. The highest BCUT2D eigenvalue weighted by Crippen LogP contribution is 2.31. The second-order valence-corrected chi connectivity index (χ2v) is 8.47. The number of amides is 4. The highest BCUT2D eigenvalue weighted by molar-refractivity contribution is 7.08. The Kier molecular flexibility index (Phi) is 5.61. The summed E-state index contributed by atoms with van der Waals surface area (Å²) in [6.07, 6.45) is 0. The third-order valence-electron chi connectivity index (χ3n) is 5.68. The number of rotatable bonds is 6. The van der Waals surface area contributed by atoms with Crippen molar-refractivity contribution in [3.8, 4) is 0 Å². The molecule has 1 unspecified atom stereocenters. The lowest BCUT2D eigenvalue weighted by atomic mass is 9.95. The Hall–Kier alpha value is -3.45. The summed E-state index contributed by atoms with van der Waals surface area (Å²) in [6.45, 7) is 1.34. The first-order chi connectivity index (χ1) is 14.9. The number of carbonyl (C=O) groups excluding carboxylic acids is 3. The van der Waals surface area contributed by atoms with E-state index in [4.69, 9.17) is 0 Å². The molecule has 1 fully saturated rings. The van der Waals surface area contributed by atoms with Gasteiger partial charge in [0.15, 0.2) is 0 Å². The summed E-state index contributed by atoms with van der Waals surface area (Å²) in [5.74, 6) is -0.746. The zero-order chi connectivity index (χ0) is 22.0. The Morgan fingerprint density at radius 3 is 2.13 bits per heavy atom. The topological polar surface area (TPSA) is 69.7 Å². The molecule has 31 heavy (non-hydrogen) atoms. The van der Waals surface area contributed by atoms with Crippen molar-refractivity contribution in [1.82, 2.24) is 15.1 Å². The SMILES string of the molecule is CN(C(=O)CN1C(=O)NC(C)(c2ccsc2)C1=O)C(c1ccccc1)c1ccccc1. The monoisotopic (exact) mass is 433 g/mol. The fourth-order valence-corrected chi connectivity index (χ4v) is 4.65. The Morgan fingerprint density at radius 1 is 1.03 bits per heavy atom. The third kappa shape index (κ3) is 3.84. The van der Waals surface area contributed by atoms with Gasteiger partial charge in [0, 0.05) is 7.05 Å². The van der Waals surface area contributed by atoms with Crippen LogP contribution in [0.2, 0.25) is 0 Å². The van der Waals surface area contributed by atoms with Crippen molar-refractivity contribution in [2.45, 2.75) is 18.5 Å². The predicted molar refractivity (Wildman–Crippen MR) is 119 cm³/mol. The van der Waals surface area contributed by atoms with Gasteiger partial charge in [0.05, 0.1) is 6.04 Å². The number of urea groups is 1. The van der Waals surface area contributed by atoms with Crippen molar-refractivity contribution in [1.29, 1.82) is 0 Å². The van der Waals surface area contributed by atoms with E-state index in [2.05, 4.69) is 5.32 Å². The molecule has 0 bridgehead atoms. The Labute approximate surface area is 185 Å². The lowest BCUT2D eigenvalue weighted by Gasteiger charge is -2.30. The molecule has 1 aliphatic heterocycles. The van der Waals surface area contributed by atoms with Gasteiger partial charge in [-0.15, -0.1) is 0 Å². The van der Waals surface area contributed by atoms with E-state index < -0.39 is 17.5 Å². The zero-order valence-corrected chi connectivity index (χ0v) is 18.1. The largest absolute Gasteiger partial charge is 0.333 e. The van der Waals surface area contributed by atoms with Crippen molar-refractivity contribution in [2.75, 3.05) is 13.6 Å². The van der Waals surface area contributed by atoms with Crippen molar-refractivity contribution in [3.63, 3.8) is 0 Å². The minimum Gasteiger partial charge on any atom is -0.333 e. The van der Waals surface area contributed by atoms with E-state index in [-0.39, 0.29) is 18.5 Å². The Morgan fingerprint density at radius 2 is 1.61 bits per heavy atom. The minimum atomic E-state index is -1.16. The number of hydrogen-bond donors (Lipinski definition) is 1. The van der Waals surface area contributed by atoms with Crippen LogP contribution in [-0.4, -0.2) is 41.2 Å². The smallest absolute Gasteiger partial charge is 0.325 e. The van der Waals surface area contributed by atoms with Crippen LogP contribution in [0.25, 0.3) is 0 Å². The van der Waals surface area contributed by atoms with Gasteiger partial charge in [-0.2, -0.15) is 11.3 Å². The second kappa shape index (κ2) is 8.35. The number of nitrogens with one attached hydrogen (secondary N) is 1. The van der Waals surface area contributed by atoms with E-state index in [9.17, 15) is 14.4 Å². The molecule has 7 heteroatoms. The maximum atomic E-state index is 13.2. The van der Waals surface area contributed by atoms with Gasteiger partial charge in [0.2, 0.25) is 5.91 Å². The lowest BCUT2D eigenvalue weighted by Crippen LogP contribution is -2.44. The van der Waals surface area contributed by atoms with E-state index >= 15 is 0 Å². The Bertz CT molecular complexity index is 1050. The van der Waals surface area contributed by atoms with Crippen LogP contribution < -0.4 is 5.32 Å².